The number of imidazole rings is 2. The van der Waals surface area contributed by atoms with Crippen LogP contribution >= 0.6 is 0 Å². The van der Waals surface area contributed by atoms with Crippen molar-refractivity contribution in [2.45, 2.75) is 18.0 Å². The molecule has 4 aromatic rings. The Morgan fingerprint density at radius 1 is 0.968 bits per heavy atom. The molecule has 0 aliphatic heterocycles. The molecule has 0 unspecified atom stereocenters. The van der Waals surface area contributed by atoms with Crippen LogP contribution in [0.15, 0.2) is 21.8 Å². The van der Waals surface area contributed by atoms with E-state index in [1.807, 2.05) is 0 Å². The first-order valence-corrected chi connectivity index (χ1v) is 10.6. The van der Waals surface area contributed by atoms with Crippen molar-refractivity contribution in [1.29, 1.82) is 0 Å². The number of nitrogens with zero attached hydrogens (tertiary/aromatic N) is 7. The standard InChI is InChI=1S/C17H16F3N7O3S/c1-5-31(29,30)10-7-9-14(27(4)16(28)25(9)2)22-12(10)15-21-8-6-11(17(18,19)20)23-24-13(8)26(15)3/h6-7H,5H2,1-4H3. The second-order valence-electron chi connectivity index (χ2n) is 6.91. The molecule has 4 heterocycles. The second kappa shape index (κ2) is 6.60. The van der Waals surface area contributed by atoms with Gasteiger partial charge >= 0.3 is 11.9 Å². The number of sulfone groups is 1. The highest BCUT2D eigenvalue weighted by Crippen LogP contribution is 2.32. The van der Waals surface area contributed by atoms with Crippen LogP contribution in [0.5, 0.6) is 0 Å². The molecule has 0 aliphatic carbocycles. The lowest BCUT2D eigenvalue weighted by molar-refractivity contribution is -0.141. The van der Waals surface area contributed by atoms with E-state index in [1.165, 1.54) is 47.8 Å². The first-order valence-electron chi connectivity index (χ1n) is 8.93. The second-order valence-corrected chi connectivity index (χ2v) is 9.16. The zero-order chi connectivity index (χ0) is 22.9. The fraction of sp³-hybridized carbons (Fsp3) is 0.353. The van der Waals surface area contributed by atoms with Gasteiger partial charge in [0.05, 0.1) is 16.2 Å². The summed E-state index contributed by atoms with van der Waals surface area (Å²) in [5.74, 6) is -0.274. The number of aryl methyl sites for hydroxylation is 3. The average molecular weight is 455 g/mol. The Morgan fingerprint density at radius 2 is 1.65 bits per heavy atom. The van der Waals surface area contributed by atoms with Crippen LogP contribution in [-0.4, -0.2) is 48.0 Å². The van der Waals surface area contributed by atoms with Gasteiger partial charge in [0.15, 0.2) is 32.6 Å². The molecule has 0 saturated carbocycles. The van der Waals surface area contributed by atoms with Gasteiger partial charge in [0.1, 0.15) is 11.2 Å². The van der Waals surface area contributed by atoms with Gasteiger partial charge in [-0.1, -0.05) is 6.92 Å². The molecule has 10 nitrogen and oxygen atoms in total. The minimum atomic E-state index is -4.71. The third-order valence-electron chi connectivity index (χ3n) is 5.04. The first kappa shape index (κ1) is 21.0. The Kier molecular flexibility index (Phi) is 4.46. The summed E-state index contributed by atoms with van der Waals surface area (Å²) < 4.78 is 68.4. The van der Waals surface area contributed by atoms with E-state index in [-0.39, 0.29) is 39.0 Å². The summed E-state index contributed by atoms with van der Waals surface area (Å²) in [6, 6.07) is 2.06. The molecule has 0 saturated heterocycles. The van der Waals surface area contributed by atoms with E-state index < -0.39 is 27.4 Å². The van der Waals surface area contributed by atoms with Crippen molar-refractivity contribution >= 4 is 32.2 Å². The van der Waals surface area contributed by atoms with Gasteiger partial charge in [0, 0.05) is 27.2 Å². The monoisotopic (exact) mass is 455 g/mol. The van der Waals surface area contributed by atoms with Gasteiger partial charge in [0.2, 0.25) is 0 Å². The number of hydrogen-bond acceptors (Lipinski definition) is 7. The largest absolute Gasteiger partial charge is 0.435 e. The molecule has 0 bridgehead atoms. The van der Waals surface area contributed by atoms with E-state index >= 15 is 0 Å². The summed E-state index contributed by atoms with van der Waals surface area (Å²) >= 11 is 0. The molecule has 164 valence electrons. The van der Waals surface area contributed by atoms with Crippen LogP contribution in [0.4, 0.5) is 13.2 Å². The molecule has 0 spiro atoms. The zero-order valence-electron chi connectivity index (χ0n) is 16.8. The lowest BCUT2D eigenvalue weighted by Gasteiger charge is -2.10. The SMILES string of the molecule is CCS(=O)(=O)c1cc2c(nc1-c1nc3cc(C(F)(F)F)nnc3n1C)n(C)c(=O)n2C. The predicted molar refractivity (Wildman–Crippen MR) is 104 cm³/mol. The maximum absolute atomic E-state index is 13.0. The molecule has 31 heavy (non-hydrogen) atoms. The van der Waals surface area contributed by atoms with Crippen molar-refractivity contribution in [2.75, 3.05) is 5.75 Å². The molecule has 0 radical (unpaired) electrons. The smallest absolute Gasteiger partial charge is 0.309 e. The molecule has 14 heteroatoms. The van der Waals surface area contributed by atoms with Crippen LogP contribution in [0.3, 0.4) is 0 Å². The van der Waals surface area contributed by atoms with Gasteiger partial charge in [-0.2, -0.15) is 13.2 Å². The van der Waals surface area contributed by atoms with Gasteiger partial charge in [-0.3, -0.25) is 9.13 Å². The molecule has 0 aromatic carbocycles. The number of aromatic nitrogens is 7. The van der Waals surface area contributed by atoms with Gasteiger partial charge in [-0.15, -0.1) is 10.2 Å². The number of fused-ring (bicyclic) bond motifs is 2. The van der Waals surface area contributed by atoms with E-state index in [9.17, 15) is 26.4 Å². The minimum Gasteiger partial charge on any atom is -0.309 e. The van der Waals surface area contributed by atoms with Crippen LogP contribution in [0, 0.1) is 0 Å². The fourth-order valence-electron chi connectivity index (χ4n) is 3.28. The van der Waals surface area contributed by atoms with Crippen molar-refractivity contribution < 1.29 is 21.6 Å². The number of halogens is 3. The highest BCUT2D eigenvalue weighted by atomic mass is 32.2. The van der Waals surface area contributed by atoms with Gasteiger partial charge in [0.25, 0.3) is 0 Å². The normalized spacial score (nSPS) is 12.9. The Morgan fingerprint density at radius 3 is 2.26 bits per heavy atom. The highest BCUT2D eigenvalue weighted by molar-refractivity contribution is 7.91. The van der Waals surface area contributed by atoms with E-state index in [1.54, 1.807) is 0 Å². The highest BCUT2D eigenvalue weighted by Gasteiger charge is 2.34. The molecule has 0 atom stereocenters. The number of rotatable bonds is 3. The fourth-order valence-corrected chi connectivity index (χ4v) is 4.31. The van der Waals surface area contributed by atoms with Crippen LogP contribution in [0.25, 0.3) is 33.8 Å². The third kappa shape index (κ3) is 3.08. The van der Waals surface area contributed by atoms with Crippen molar-refractivity contribution in [2.24, 2.45) is 21.1 Å². The summed E-state index contributed by atoms with van der Waals surface area (Å²) in [6.45, 7) is 1.45. The Hall–Kier alpha value is -3.29. The molecule has 0 N–H and O–H groups in total. The van der Waals surface area contributed by atoms with Crippen LogP contribution in [0.1, 0.15) is 12.6 Å². The van der Waals surface area contributed by atoms with Crippen molar-refractivity contribution in [3.05, 3.63) is 28.3 Å². The molecule has 0 amide bonds. The van der Waals surface area contributed by atoms with Crippen LogP contribution < -0.4 is 5.69 Å². The summed E-state index contributed by atoms with van der Waals surface area (Å²) in [5.41, 5.74) is -1.34. The summed E-state index contributed by atoms with van der Waals surface area (Å²) in [6.07, 6.45) is -4.71. The Balaban J connectivity index is 2.10. The third-order valence-corrected chi connectivity index (χ3v) is 6.78. The minimum absolute atomic E-state index is 0.0196. The van der Waals surface area contributed by atoms with E-state index in [2.05, 4.69) is 20.2 Å². The van der Waals surface area contributed by atoms with E-state index in [4.69, 9.17) is 0 Å². The number of alkyl halides is 3. The van der Waals surface area contributed by atoms with Crippen LogP contribution in [-0.2, 0) is 37.2 Å². The molecular formula is C17H16F3N7O3S. The lowest BCUT2D eigenvalue weighted by Crippen LogP contribution is -2.19. The number of pyridine rings is 1. The summed E-state index contributed by atoms with van der Waals surface area (Å²) in [5, 5.41) is 6.79. The Bertz CT molecular complexity index is 1530. The topological polar surface area (TPSA) is 118 Å². The van der Waals surface area contributed by atoms with Crippen molar-refractivity contribution in [3.63, 3.8) is 0 Å². The number of hydrogen-bond donors (Lipinski definition) is 0. The van der Waals surface area contributed by atoms with Crippen LogP contribution in [0.2, 0.25) is 0 Å². The van der Waals surface area contributed by atoms with Gasteiger partial charge < -0.3 is 4.57 Å². The first-order chi connectivity index (χ1) is 14.4. The van der Waals surface area contributed by atoms with E-state index in [0.29, 0.717) is 5.52 Å². The summed E-state index contributed by atoms with van der Waals surface area (Å²) in [7, 11) is 0.594. The van der Waals surface area contributed by atoms with Gasteiger partial charge in [-0.05, 0) is 6.07 Å². The summed E-state index contributed by atoms with van der Waals surface area (Å²) in [4.78, 5) is 20.7. The quantitative estimate of drug-likeness (QED) is 0.459. The zero-order valence-corrected chi connectivity index (χ0v) is 17.6. The van der Waals surface area contributed by atoms with Gasteiger partial charge in [-0.25, -0.2) is 23.2 Å². The molecule has 0 fully saturated rings. The average Bonchev–Trinajstić information content (AvgIpc) is 3.16. The van der Waals surface area contributed by atoms with E-state index in [0.717, 1.165) is 6.07 Å². The van der Waals surface area contributed by atoms with Crippen molar-refractivity contribution in [3.8, 4) is 11.5 Å². The maximum atomic E-state index is 13.0. The van der Waals surface area contributed by atoms with Crippen molar-refractivity contribution in [1.82, 2.24) is 33.9 Å². The molecule has 4 rings (SSSR count). The molecule has 4 aromatic heterocycles. The lowest BCUT2D eigenvalue weighted by atomic mass is 10.3. The predicted octanol–water partition coefficient (Wildman–Crippen LogP) is 1.43. The maximum Gasteiger partial charge on any atom is 0.435 e. The molecular weight excluding hydrogens is 439 g/mol. The Labute approximate surface area is 172 Å². The molecule has 0 aliphatic rings.